The first-order chi connectivity index (χ1) is 18.3. The summed E-state index contributed by atoms with van der Waals surface area (Å²) >= 11 is 0. The number of rotatable bonds is 2. The Balaban J connectivity index is 2.64. The van der Waals surface area contributed by atoms with Gasteiger partial charge in [-0.3, -0.25) is 19.2 Å². The number of ether oxygens (including phenoxy) is 1. The van der Waals surface area contributed by atoms with Gasteiger partial charge in [0.15, 0.2) is 8.86 Å². The molecule has 39 heavy (non-hydrogen) atoms. The molecule has 2 rings (SSSR count). The van der Waals surface area contributed by atoms with Gasteiger partial charge in [0, 0.05) is 11.5 Å². The normalized spacial score (nSPS) is 32.4. The largest absolute Gasteiger partial charge is 0.456 e. The Labute approximate surface area is 236 Å². The Bertz CT molecular complexity index is 1080. The number of esters is 1. The van der Waals surface area contributed by atoms with Crippen LogP contribution in [0.3, 0.4) is 0 Å². The monoisotopic (exact) mass is 604 g/mol. The number of allylic oxidation sites excluding steroid dienone is 2. The fraction of sp³-hybridized carbons (Fsp3) is 0.625. The summed E-state index contributed by atoms with van der Waals surface area (Å²) in [6.07, 6.45) is 3.21. The average molecular weight is 605 g/mol. The molecular formula is C24H36N4O8S3. The third-order valence-electron chi connectivity index (χ3n) is 5.84. The Morgan fingerprint density at radius 2 is 1.64 bits per heavy atom. The minimum Gasteiger partial charge on any atom is -0.456 e. The van der Waals surface area contributed by atoms with E-state index in [-0.39, 0.29) is 36.0 Å². The van der Waals surface area contributed by atoms with Crippen LogP contribution < -0.4 is 21.3 Å². The Kier molecular flexibility index (Phi) is 12.8. The van der Waals surface area contributed by atoms with Crippen LogP contribution >= 0.6 is 10.8 Å². The molecule has 0 aliphatic carbocycles. The van der Waals surface area contributed by atoms with Crippen LogP contribution in [-0.2, 0) is 47.4 Å². The predicted molar refractivity (Wildman–Crippen MR) is 149 cm³/mol. The highest BCUT2D eigenvalue weighted by molar-refractivity contribution is 8.97. The number of carbonyl (C=O) groups excluding carboxylic acids is 5. The fourth-order valence-electron chi connectivity index (χ4n) is 3.62. The lowest BCUT2D eigenvalue weighted by Gasteiger charge is -2.28. The molecule has 12 nitrogen and oxygen atoms in total. The lowest BCUT2D eigenvalue weighted by atomic mass is 10.0. The molecule has 6 atom stereocenters. The molecular weight excluding hydrogens is 568 g/mol. The van der Waals surface area contributed by atoms with Crippen molar-refractivity contribution in [2.24, 2.45) is 11.8 Å². The average Bonchev–Trinajstić information content (AvgIpc) is 2.86. The summed E-state index contributed by atoms with van der Waals surface area (Å²) in [5, 5.41) is 10.2. The summed E-state index contributed by atoms with van der Waals surface area (Å²) < 4.78 is 30.7. The smallest absolute Gasteiger partial charge is 0.329 e. The van der Waals surface area contributed by atoms with Crippen LogP contribution in [0.15, 0.2) is 23.9 Å². The standard InChI is InChI=1S/C24H36N4O8S3/c1-6-16-21(30)28-20(14(4)5)24(33)36-15-9-7-8-10-38(34)39(35)37-12-17(22(31)25-16)26-23(32)19(13(2)3)27-18(29)11-15/h6-7,9,13-15,17,19-20H,8,10-12H2,1-5H3,(H,25,31)(H,26,32)(H,27,29)(H,28,30)/b9-7+,16-6-/t15-,17-,19-,20+,38?,39?/m1/s1. The van der Waals surface area contributed by atoms with Gasteiger partial charge in [-0.2, -0.15) is 0 Å². The van der Waals surface area contributed by atoms with Gasteiger partial charge < -0.3 is 26.0 Å². The van der Waals surface area contributed by atoms with Crippen LogP contribution in [0.5, 0.6) is 0 Å². The van der Waals surface area contributed by atoms with Gasteiger partial charge in [0.1, 0.15) is 39.8 Å². The van der Waals surface area contributed by atoms with Gasteiger partial charge in [0.2, 0.25) is 17.7 Å². The number of hydrogen-bond acceptors (Lipinski definition) is 9. The van der Waals surface area contributed by atoms with E-state index >= 15 is 0 Å². The van der Waals surface area contributed by atoms with Crippen molar-refractivity contribution in [2.45, 2.75) is 71.7 Å². The molecule has 1 saturated heterocycles. The summed E-state index contributed by atoms with van der Waals surface area (Å²) in [5.74, 6) is -4.59. The molecule has 0 aromatic carbocycles. The zero-order chi connectivity index (χ0) is 29.3. The first-order valence-electron chi connectivity index (χ1n) is 12.5. The second-order valence-corrected chi connectivity index (χ2v) is 15.9. The molecule has 0 saturated carbocycles. The van der Waals surface area contributed by atoms with E-state index in [2.05, 4.69) is 21.3 Å². The maximum atomic E-state index is 13.2. The minimum absolute atomic E-state index is 0.0228. The van der Waals surface area contributed by atoms with Crippen molar-refractivity contribution in [3.05, 3.63) is 23.9 Å². The zero-order valence-electron chi connectivity index (χ0n) is 22.5. The van der Waals surface area contributed by atoms with Crippen molar-refractivity contribution in [3.8, 4) is 0 Å². The number of nitrogens with one attached hydrogen (secondary N) is 4. The summed E-state index contributed by atoms with van der Waals surface area (Å²) in [6.45, 7) is 8.32. The lowest BCUT2D eigenvalue weighted by molar-refractivity contribution is -0.153. The molecule has 15 heteroatoms. The third-order valence-corrected chi connectivity index (χ3v) is 12.0. The summed E-state index contributed by atoms with van der Waals surface area (Å²) in [5.41, 5.74) is -0.175. The van der Waals surface area contributed by atoms with Crippen LogP contribution in [0, 0.1) is 11.8 Å². The van der Waals surface area contributed by atoms with Crippen LogP contribution in [-0.4, -0.2) is 73.8 Å². The van der Waals surface area contributed by atoms with Crippen LogP contribution in [0.1, 0.15) is 47.5 Å². The zero-order valence-corrected chi connectivity index (χ0v) is 25.0. The van der Waals surface area contributed by atoms with Gasteiger partial charge in [0.25, 0.3) is 5.91 Å². The number of amides is 4. The van der Waals surface area contributed by atoms with Gasteiger partial charge in [-0.15, -0.1) is 0 Å². The number of fused-ring (bicyclic) bond motifs is 7. The highest BCUT2D eigenvalue weighted by Gasteiger charge is 2.34. The minimum atomic E-state index is -1.90. The van der Waals surface area contributed by atoms with Crippen LogP contribution in [0.4, 0.5) is 0 Å². The van der Waals surface area contributed by atoms with E-state index in [0.717, 1.165) is 10.8 Å². The van der Waals surface area contributed by atoms with Crippen molar-refractivity contribution < 1.29 is 37.1 Å². The van der Waals surface area contributed by atoms with E-state index in [9.17, 15) is 32.4 Å². The van der Waals surface area contributed by atoms with E-state index < -0.39 is 78.4 Å². The SMILES string of the molecule is C/C=C1\NC(=O)[C@H]2CSS(=O)S(=O)CC/C=C/[C@H](CC(=O)N[C@H](C(C)C)C(=O)N2)OC(=O)[C@H](C(C)C)NC1=O. The van der Waals surface area contributed by atoms with E-state index in [1.54, 1.807) is 33.8 Å². The molecule has 2 aliphatic heterocycles. The van der Waals surface area contributed by atoms with Crippen molar-refractivity contribution >= 4 is 59.1 Å². The molecule has 218 valence electrons. The summed E-state index contributed by atoms with van der Waals surface area (Å²) in [4.78, 5) is 65.5. The molecule has 2 aliphatic rings. The first-order valence-corrected chi connectivity index (χ1v) is 17.0. The van der Waals surface area contributed by atoms with E-state index in [4.69, 9.17) is 4.74 Å². The summed E-state index contributed by atoms with van der Waals surface area (Å²) in [6, 6.07) is -3.44. The number of carbonyl (C=O) groups is 5. The van der Waals surface area contributed by atoms with Crippen molar-refractivity contribution in [3.63, 3.8) is 0 Å². The van der Waals surface area contributed by atoms with Gasteiger partial charge >= 0.3 is 5.97 Å². The Morgan fingerprint density at radius 1 is 0.974 bits per heavy atom. The maximum absolute atomic E-state index is 13.2. The topological polar surface area (TPSA) is 177 Å². The van der Waals surface area contributed by atoms with E-state index in [1.807, 2.05) is 0 Å². The Morgan fingerprint density at radius 3 is 2.26 bits per heavy atom. The lowest BCUT2D eigenvalue weighted by Crippen LogP contribution is -2.57. The van der Waals surface area contributed by atoms with Crippen LogP contribution in [0.2, 0.25) is 0 Å². The molecule has 0 spiro atoms. The fourth-order valence-corrected chi connectivity index (χ4v) is 8.51. The molecule has 0 aromatic rings. The quantitative estimate of drug-likeness (QED) is 0.147. The molecule has 0 aromatic heterocycles. The molecule has 1 fully saturated rings. The molecule has 0 radical (unpaired) electrons. The molecule has 2 unspecified atom stereocenters. The second kappa shape index (κ2) is 15.3. The third kappa shape index (κ3) is 9.87. The molecule has 4 N–H and O–H groups in total. The molecule has 2 bridgehead atoms. The van der Waals surface area contributed by atoms with Crippen LogP contribution in [0.25, 0.3) is 0 Å². The highest BCUT2D eigenvalue weighted by Crippen LogP contribution is 2.17. The van der Waals surface area contributed by atoms with Crippen molar-refractivity contribution in [2.75, 3.05) is 11.5 Å². The maximum Gasteiger partial charge on any atom is 0.329 e. The van der Waals surface area contributed by atoms with Gasteiger partial charge in [-0.1, -0.05) is 39.8 Å². The van der Waals surface area contributed by atoms with Gasteiger partial charge in [-0.25, -0.2) is 13.2 Å². The first kappa shape index (κ1) is 32.7. The highest BCUT2D eigenvalue weighted by atomic mass is 33.5. The number of hydrogen-bond donors (Lipinski definition) is 4. The van der Waals surface area contributed by atoms with Gasteiger partial charge in [-0.05, 0) is 42.1 Å². The Hall–Kier alpha value is -2.52. The van der Waals surface area contributed by atoms with Crippen molar-refractivity contribution in [1.82, 2.24) is 21.3 Å². The predicted octanol–water partition coefficient (Wildman–Crippen LogP) is 0.109. The summed E-state index contributed by atoms with van der Waals surface area (Å²) in [7, 11) is -2.95. The van der Waals surface area contributed by atoms with E-state index in [0.29, 0.717) is 0 Å². The van der Waals surface area contributed by atoms with Crippen molar-refractivity contribution in [1.29, 1.82) is 0 Å². The van der Waals surface area contributed by atoms with E-state index in [1.165, 1.54) is 19.1 Å². The second-order valence-electron chi connectivity index (χ2n) is 9.63. The molecule has 2 heterocycles. The van der Waals surface area contributed by atoms with Gasteiger partial charge in [0.05, 0.1) is 6.42 Å². The molecule has 4 amide bonds.